The molecule has 0 spiro atoms. The van der Waals surface area contributed by atoms with Crippen molar-refractivity contribution in [3.63, 3.8) is 0 Å². The van der Waals surface area contributed by atoms with Crippen molar-refractivity contribution in [2.24, 2.45) is 0 Å². The molecular formula is C31H36N4O3. The molecular weight excluding hydrogens is 476 g/mol. The lowest BCUT2D eigenvalue weighted by Crippen LogP contribution is -2.47. The number of nitrogens with one attached hydrogen (secondary N) is 2. The number of urea groups is 1. The van der Waals surface area contributed by atoms with Crippen LogP contribution in [0.4, 0.5) is 10.5 Å². The summed E-state index contributed by atoms with van der Waals surface area (Å²) in [5.74, 6) is 0.610. The Labute approximate surface area is 224 Å². The summed E-state index contributed by atoms with van der Waals surface area (Å²) >= 11 is 0. The van der Waals surface area contributed by atoms with Gasteiger partial charge in [0.25, 0.3) is 0 Å². The predicted octanol–water partition coefficient (Wildman–Crippen LogP) is 6.00. The number of aryl methyl sites for hydroxylation is 1. The van der Waals surface area contributed by atoms with E-state index >= 15 is 0 Å². The summed E-state index contributed by atoms with van der Waals surface area (Å²) in [7, 11) is 1.63. The maximum absolute atomic E-state index is 13.7. The highest BCUT2D eigenvalue weighted by molar-refractivity contribution is 5.92. The minimum absolute atomic E-state index is 0.0294. The fraction of sp³-hybridized carbons (Fsp3) is 0.290. The highest BCUT2D eigenvalue weighted by atomic mass is 16.5. The first-order valence-electron chi connectivity index (χ1n) is 12.9. The van der Waals surface area contributed by atoms with Crippen molar-refractivity contribution in [2.75, 3.05) is 25.5 Å². The van der Waals surface area contributed by atoms with E-state index in [1.807, 2.05) is 98.6 Å². The van der Waals surface area contributed by atoms with Crippen molar-refractivity contribution in [3.05, 3.63) is 95.7 Å². The first-order chi connectivity index (χ1) is 18.4. The summed E-state index contributed by atoms with van der Waals surface area (Å²) in [6.45, 7) is 6.69. The lowest BCUT2D eigenvalue weighted by Gasteiger charge is -2.30. The highest BCUT2D eigenvalue weighted by Crippen LogP contribution is 2.22. The number of rotatable bonds is 10. The van der Waals surface area contributed by atoms with Gasteiger partial charge in [-0.05, 0) is 57.0 Å². The van der Waals surface area contributed by atoms with E-state index in [0.29, 0.717) is 25.2 Å². The van der Waals surface area contributed by atoms with Crippen LogP contribution >= 0.6 is 0 Å². The monoisotopic (exact) mass is 512 g/mol. The third kappa shape index (κ3) is 6.54. The quantitative estimate of drug-likeness (QED) is 0.274. The average molecular weight is 513 g/mol. The number of para-hydroxylation sites is 2. The van der Waals surface area contributed by atoms with Gasteiger partial charge in [-0.25, -0.2) is 4.79 Å². The molecule has 0 unspecified atom stereocenters. The van der Waals surface area contributed by atoms with E-state index in [4.69, 9.17) is 4.74 Å². The Hall–Kier alpha value is -4.26. The number of carbonyl (C=O) groups excluding carboxylic acids is 2. The van der Waals surface area contributed by atoms with Crippen LogP contribution < -0.4 is 10.1 Å². The number of hydrogen-bond donors (Lipinski definition) is 2. The van der Waals surface area contributed by atoms with Gasteiger partial charge in [-0.15, -0.1) is 0 Å². The van der Waals surface area contributed by atoms with Gasteiger partial charge in [0, 0.05) is 47.5 Å². The molecule has 2 N–H and O–H groups in total. The van der Waals surface area contributed by atoms with Crippen molar-refractivity contribution < 1.29 is 14.3 Å². The summed E-state index contributed by atoms with van der Waals surface area (Å²) in [5.41, 5.74) is 4.95. The number of amides is 3. The Bertz CT molecular complexity index is 1380. The van der Waals surface area contributed by atoms with Crippen LogP contribution in [0.1, 0.15) is 30.5 Å². The normalized spacial score (nSPS) is 11.0. The Morgan fingerprint density at radius 3 is 2.39 bits per heavy atom. The molecule has 4 rings (SSSR count). The van der Waals surface area contributed by atoms with E-state index < -0.39 is 0 Å². The van der Waals surface area contributed by atoms with Crippen molar-refractivity contribution in [1.82, 2.24) is 14.8 Å². The first-order valence-corrected chi connectivity index (χ1v) is 12.9. The summed E-state index contributed by atoms with van der Waals surface area (Å²) in [6, 6.07) is 23.0. The smallest absolute Gasteiger partial charge is 0.322 e. The number of methoxy groups -OCH3 is 1. The summed E-state index contributed by atoms with van der Waals surface area (Å²) in [4.78, 5) is 33.6. The van der Waals surface area contributed by atoms with Crippen LogP contribution in [0.2, 0.25) is 0 Å². The SMILES string of the molecule is COc1ccccc1CN(CCc1c[nH]c2ccccc12)C(=O)CN(C(=O)Nc1ccc(C)cc1)C(C)C. The van der Waals surface area contributed by atoms with Gasteiger partial charge in [0.2, 0.25) is 5.91 Å². The van der Waals surface area contributed by atoms with Crippen molar-refractivity contribution in [1.29, 1.82) is 0 Å². The highest BCUT2D eigenvalue weighted by Gasteiger charge is 2.24. The molecule has 198 valence electrons. The summed E-state index contributed by atoms with van der Waals surface area (Å²) in [5, 5.41) is 4.08. The number of aromatic amines is 1. The number of carbonyl (C=O) groups is 2. The molecule has 0 fully saturated rings. The van der Waals surface area contributed by atoms with E-state index in [2.05, 4.69) is 16.4 Å². The van der Waals surface area contributed by atoms with Crippen LogP contribution in [-0.2, 0) is 17.8 Å². The van der Waals surface area contributed by atoms with Gasteiger partial charge in [-0.1, -0.05) is 54.1 Å². The second-order valence-electron chi connectivity index (χ2n) is 9.75. The van der Waals surface area contributed by atoms with Gasteiger partial charge in [0.1, 0.15) is 12.3 Å². The number of aromatic nitrogens is 1. The lowest BCUT2D eigenvalue weighted by molar-refractivity contribution is -0.132. The van der Waals surface area contributed by atoms with E-state index in [-0.39, 0.29) is 24.5 Å². The molecule has 0 saturated heterocycles. The number of hydrogen-bond acceptors (Lipinski definition) is 3. The molecule has 3 aromatic carbocycles. The largest absolute Gasteiger partial charge is 0.496 e. The molecule has 1 heterocycles. The van der Waals surface area contributed by atoms with E-state index in [1.54, 1.807) is 12.0 Å². The Morgan fingerprint density at radius 1 is 0.947 bits per heavy atom. The van der Waals surface area contributed by atoms with Gasteiger partial charge >= 0.3 is 6.03 Å². The zero-order valence-electron chi connectivity index (χ0n) is 22.5. The summed E-state index contributed by atoms with van der Waals surface area (Å²) in [6.07, 6.45) is 2.69. The molecule has 0 saturated carbocycles. The Balaban J connectivity index is 1.53. The van der Waals surface area contributed by atoms with Gasteiger partial charge in [0.15, 0.2) is 0 Å². The average Bonchev–Trinajstić information content (AvgIpc) is 3.33. The van der Waals surface area contributed by atoms with Gasteiger partial charge in [0.05, 0.1) is 7.11 Å². The zero-order valence-corrected chi connectivity index (χ0v) is 22.5. The number of nitrogens with zero attached hydrogens (tertiary/aromatic N) is 2. The van der Waals surface area contributed by atoms with E-state index in [1.165, 1.54) is 0 Å². The minimum atomic E-state index is -0.300. The first kappa shape index (κ1) is 26.8. The van der Waals surface area contributed by atoms with Gasteiger partial charge < -0.3 is 24.8 Å². The Kier molecular flexibility index (Phi) is 8.69. The van der Waals surface area contributed by atoms with Gasteiger partial charge in [-0.2, -0.15) is 0 Å². The molecule has 3 amide bonds. The maximum Gasteiger partial charge on any atom is 0.322 e. The molecule has 0 aliphatic rings. The molecule has 0 radical (unpaired) electrons. The molecule has 0 atom stereocenters. The van der Waals surface area contributed by atoms with Gasteiger partial charge in [-0.3, -0.25) is 4.79 Å². The van der Waals surface area contributed by atoms with Crippen molar-refractivity contribution in [2.45, 2.75) is 39.8 Å². The second kappa shape index (κ2) is 12.3. The molecule has 4 aromatic rings. The fourth-order valence-corrected chi connectivity index (χ4v) is 4.49. The predicted molar refractivity (Wildman–Crippen MR) is 152 cm³/mol. The molecule has 7 heteroatoms. The van der Waals surface area contributed by atoms with Crippen LogP contribution in [-0.4, -0.2) is 53.0 Å². The van der Waals surface area contributed by atoms with Crippen LogP contribution in [0.5, 0.6) is 5.75 Å². The molecule has 0 aliphatic heterocycles. The number of fused-ring (bicyclic) bond motifs is 1. The lowest BCUT2D eigenvalue weighted by atomic mass is 10.1. The third-order valence-electron chi connectivity index (χ3n) is 6.73. The molecule has 0 aliphatic carbocycles. The van der Waals surface area contributed by atoms with Crippen LogP contribution in [0, 0.1) is 6.92 Å². The second-order valence-corrected chi connectivity index (χ2v) is 9.75. The zero-order chi connectivity index (χ0) is 27.1. The maximum atomic E-state index is 13.7. The van der Waals surface area contributed by atoms with E-state index in [0.717, 1.165) is 33.3 Å². The van der Waals surface area contributed by atoms with Crippen LogP contribution in [0.15, 0.2) is 79.0 Å². The summed E-state index contributed by atoms with van der Waals surface area (Å²) < 4.78 is 5.55. The topological polar surface area (TPSA) is 77.7 Å². The molecule has 0 bridgehead atoms. The number of H-pyrrole nitrogens is 1. The molecule has 1 aromatic heterocycles. The number of anilines is 1. The van der Waals surface area contributed by atoms with Crippen molar-refractivity contribution in [3.8, 4) is 5.75 Å². The van der Waals surface area contributed by atoms with Crippen LogP contribution in [0.3, 0.4) is 0 Å². The Morgan fingerprint density at radius 2 is 1.66 bits per heavy atom. The fourth-order valence-electron chi connectivity index (χ4n) is 4.49. The molecule has 38 heavy (non-hydrogen) atoms. The van der Waals surface area contributed by atoms with E-state index in [9.17, 15) is 9.59 Å². The number of ether oxygens (including phenoxy) is 1. The van der Waals surface area contributed by atoms with Crippen LogP contribution in [0.25, 0.3) is 10.9 Å². The molecule has 7 nitrogen and oxygen atoms in total. The number of benzene rings is 3. The van der Waals surface area contributed by atoms with Crippen molar-refractivity contribution >= 4 is 28.5 Å². The third-order valence-corrected chi connectivity index (χ3v) is 6.73. The minimum Gasteiger partial charge on any atom is -0.496 e. The standard InChI is InChI=1S/C31H36N4O3/c1-22(2)35(31(37)33-26-15-13-23(3)14-16-26)21-30(36)34(20-25-9-5-8-12-29(25)38-4)18-17-24-19-32-28-11-7-6-10-27(24)28/h5-16,19,22,32H,17-18,20-21H2,1-4H3,(H,33,37).